The standard InChI is InChI=1S/C21H21FN2O2/c1-4-15-8-10-16(11-9-15)21(25)26-20-13-19(14(2)3)23-24(20)18-7-5-6-17(22)12-18/h5-14H,4H2,1-3H3. The highest BCUT2D eigenvalue weighted by atomic mass is 19.1. The summed E-state index contributed by atoms with van der Waals surface area (Å²) in [6, 6.07) is 15.0. The van der Waals surface area contributed by atoms with Gasteiger partial charge in [-0.1, -0.05) is 39.0 Å². The maximum atomic E-state index is 13.6. The number of hydrogen-bond donors (Lipinski definition) is 0. The average molecular weight is 352 g/mol. The van der Waals surface area contributed by atoms with E-state index in [1.165, 1.54) is 16.8 Å². The zero-order valence-electron chi connectivity index (χ0n) is 15.1. The van der Waals surface area contributed by atoms with Crippen LogP contribution in [0.25, 0.3) is 5.69 Å². The summed E-state index contributed by atoms with van der Waals surface area (Å²) in [7, 11) is 0. The molecule has 0 saturated carbocycles. The van der Waals surface area contributed by atoms with Gasteiger partial charge in [0.15, 0.2) is 0 Å². The second kappa shape index (κ2) is 7.52. The molecular weight excluding hydrogens is 331 g/mol. The summed E-state index contributed by atoms with van der Waals surface area (Å²) < 4.78 is 20.6. The van der Waals surface area contributed by atoms with Crippen molar-refractivity contribution in [3.05, 3.63) is 77.2 Å². The van der Waals surface area contributed by atoms with E-state index < -0.39 is 5.97 Å². The van der Waals surface area contributed by atoms with Gasteiger partial charge in [-0.05, 0) is 48.2 Å². The van der Waals surface area contributed by atoms with Gasteiger partial charge in [-0.2, -0.15) is 5.10 Å². The van der Waals surface area contributed by atoms with Gasteiger partial charge >= 0.3 is 5.97 Å². The molecule has 5 heteroatoms. The first-order valence-electron chi connectivity index (χ1n) is 8.65. The molecule has 1 aromatic heterocycles. The fraction of sp³-hybridized carbons (Fsp3) is 0.238. The molecule has 3 aromatic rings. The van der Waals surface area contributed by atoms with Crippen molar-refractivity contribution in [3.8, 4) is 11.6 Å². The molecule has 0 bridgehead atoms. The van der Waals surface area contributed by atoms with E-state index in [1.807, 2.05) is 26.0 Å². The zero-order valence-corrected chi connectivity index (χ0v) is 15.1. The van der Waals surface area contributed by atoms with Crippen molar-refractivity contribution < 1.29 is 13.9 Å². The Morgan fingerprint density at radius 1 is 1.15 bits per heavy atom. The Morgan fingerprint density at radius 3 is 2.50 bits per heavy atom. The maximum Gasteiger partial charge on any atom is 0.344 e. The molecule has 2 aromatic carbocycles. The van der Waals surface area contributed by atoms with Crippen LogP contribution in [-0.2, 0) is 6.42 Å². The average Bonchev–Trinajstić information content (AvgIpc) is 3.06. The van der Waals surface area contributed by atoms with Gasteiger partial charge in [0, 0.05) is 6.07 Å². The smallest absolute Gasteiger partial charge is 0.344 e. The molecular formula is C21H21FN2O2. The lowest BCUT2D eigenvalue weighted by Crippen LogP contribution is -2.12. The highest BCUT2D eigenvalue weighted by molar-refractivity contribution is 5.91. The fourth-order valence-electron chi connectivity index (χ4n) is 2.56. The maximum absolute atomic E-state index is 13.6. The summed E-state index contributed by atoms with van der Waals surface area (Å²) in [6.45, 7) is 6.04. The fourth-order valence-corrected chi connectivity index (χ4v) is 2.56. The van der Waals surface area contributed by atoms with E-state index in [-0.39, 0.29) is 17.6 Å². The molecule has 0 aliphatic rings. The van der Waals surface area contributed by atoms with Gasteiger partial charge in [-0.25, -0.2) is 13.9 Å². The van der Waals surface area contributed by atoms with Crippen molar-refractivity contribution in [2.24, 2.45) is 0 Å². The number of aromatic nitrogens is 2. The minimum absolute atomic E-state index is 0.145. The molecule has 0 radical (unpaired) electrons. The van der Waals surface area contributed by atoms with Crippen LogP contribution in [0.15, 0.2) is 54.6 Å². The zero-order chi connectivity index (χ0) is 18.7. The lowest BCUT2D eigenvalue weighted by Gasteiger charge is -2.08. The van der Waals surface area contributed by atoms with Crippen LogP contribution >= 0.6 is 0 Å². The molecule has 1 heterocycles. The van der Waals surface area contributed by atoms with E-state index in [0.29, 0.717) is 11.3 Å². The normalized spacial score (nSPS) is 11.0. The van der Waals surface area contributed by atoms with Gasteiger partial charge in [0.2, 0.25) is 5.88 Å². The van der Waals surface area contributed by atoms with Crippen molar-refractivity contribution in [1.82, 2.24) is 9.78 Å². The molecule has 0 amide bonds. The molecule has 0 unspecified atom stereocenters. The number of esters is 1. The first-order valence-corrected chi connectivity index (χ1v) is 8.65. The van der Waals surface area contributed by atoms with Crippen LogP contribution in [0.3, 0.4) is 0 Å². The van der Waals surface area contributed by atoms with Gasteiger partial charge in [-0.15, -0.1) is 0 Å². The molecule has 0 aliphatic carbocycles. The third kappa shape index (κ3) is 3.82. The van der Waals surface area contributed by atoms with Crippen LogP contribution in [0.4, 0.5) is 4.39 Å². The summed E-state index contributed by atoms with van der Waals surface area (Å²) in [5, 5.41) is 4.47. The van der Waals surface area contributed by atoms with Crippen LogP contribution < -0.4 is 4.74 Å². The minimum Gasteiger partial charge on any atom is -0.404 e. The van der Waals surface area contributed by atoms with Crippen molar-refractivity contribution in [2.75, 3.05) is 0 Å². The van der Waals surface area contributed by atoms with Crippen LogP contribution in [0.2, 0.25) is 0 Å². The number of aryl methyl sites for hydroxylation is 1. The Hall–Kier alpha value is -2.95. The number of rotatable bonds is 5. The van der Waals surface area contributed by atoms with E-state index in [1.54, 1.807) is 30.3 Å². The van der Waals surface area contributed by atoms with Gasteiger partial charge < -0.3 is 4.74 Å². The largest absolute Gasteiger partial charge is 0.404 e. The predicted molar refractivity (Wildman–Crippen MR) is 98.4 cm³/mol. The molecule has 0 saturated heterocycles. The summed E-state index contributed by atoms with van der Waals surface area (Å²) in [6.07, 6.45) is 0.902. The number of hydrogen-bond acceptors (Lipinski definition) is 3. The van der Waals surface area contributed by atoms with Gasteiger partial charge in [0.25, 0.3) is 0 Å². The summed E-state index contributed by atoms with van der Waals surface area (Å²) in [5.41, 5.74) is 2.87. The van der Waals surface area contributed by atoms with Crippen LogP contribution in [0.1, 0.15) is 48.3 Å². The summed E-state index contributed by atoms with van der Waals surface area (Å²) >= 11 is 0. The molecule has 0 N–H and O–H groups in total. The molecule has 4 nitrogen and oxygen atoms in total. The van der Waals surface area contributed by atoms with Crippen LogP contribution in [-0.4, -0.2) is 15.7 Å². The number of carbonyl (C=O) groups is 1. The second-order valence-electron chi connectivity index (χ2n) is 6.39. The first-order chi connectivity index (χ1) is 12.5. The quantitative estimate of drug-likeness (QED) is 0.613. The minimum atomic E-state index is -0.472. The number of carbonyl (C=O) groups excluding carboxylic acids is 1. The second-order valence-corrected chi connectivity index (χ2v) is 6.39. The van der Waals surface area contributed by atoms with Crippen LogP contribution in [0.5, 0.6) is 5.88 Å². The van der Waals surface area contributed by atoms with E-state index in [2.05, 4.69) is 12.0 Å². The number of benzene rings is 2. The van der Waals surface area contributed by atoms with Gasteiger partial charge in [0.05, 0.1) is 16.9 Å². The van der Waals surface area contributed by atoms with E-state index >= 15 is 0 Å². The molecule has 0 spiro atoms. The molecule has 3 rings (SSSR count). The summed E-state index contributed by atoms with van der Waals surface area (Å²) in [4.78, 5) is 12.5. The first kappa shape index (κ1) is 17.9. The molecule has 0 atom stereocenters. The predicted octanol–water partition coefficient (Wildman–Crippen LogP) is 4.92. The van der Waals surface area contributed by atoms with Crippen molar-refractivity contribution in [1.29, 1.82) is 0 Å². The Labute approximate surface area is 152 Å². The van der Waals surface area contributed by atoms with Crippen molar-refractivity contribution >= 4 is 5.97 Å². The van der Waals surface area contributed by atoms with Crippen molar-refractivity contribution in [2.45, 2.75) is 33.1 Å². The molecule has 0 fully saturated rings. The Morgan fingerprint density at radius 2 is 1.88 bits per heavy atom. The number of nitrogens with zero attached hydrogens (tertiary/aromatic N) is 2. The number of ether oxygens (including phenoxy) is 1. The van der Waals surface area contributed by atoms with E-state index in [9.17, 15) is 9.18 Å². The van der Waals surface area contributed by atoms with Crippen molar-refractivity contribution in [3.63, 3.8) is 0 Å². The van der Waals surface area contributed by atoms with Gasteiger partial charge in [0.1, 0.15) is 5.82 Å². The van der Waals surface area contributed by atoms with E-state index in [0.717, 1.165) is 17.7 Å². The monoisotopic (exact) mass is 352 g/mol. The molecule has 134 valence electrons. The van der Waals surface area contributed by atoms with Gasteiger partial charge in [-0.3, -0.25) is 0 Å². The SMILES string of the molecule is CCc1ccc(C(=O)Oc2cc(C(C)C)nn2-c2cccc(F)c2)cc1. The summed E-state index contributed by atoms with van der Waals surface area (Å²) in [5.74, 6) is -0.438. The van der Waals surface area contributed by atoms with E-state index in [4.69, 9.17) is 4.74 Å². The third-order valence-electron chi connectivity index (χ3n) is 4.14. The lowest BCUT2D eigenvalue weighted by molar-refractivity contribution is 0.0723. The molecule has 0 aliphatic heterocycles. The Bertz CT molecular complexity index is 914. The lowest BCUT2D eigenvalue weighted by atomic mass is 10.1. The highest BCUT2D eigenvalue weighted by Gasteiger charge is 2.17. The number of halogens is 1. The Kier molecular flexibility index (Phi) is 5.16. The molecule has 26 heavy (non-hydrogen) atoms. The highest BCUT2D eigenvalue weighted by Crippen LogP contribution is 2.25. The van der Waals surface area contributed by atoms with Crippen LogP contribution in [0, 0.1) is 5.82 Å². The third-order valence-corrected chi connectivity index (χ3v) is 4.14. The Balaban J connectivity index is 1.94. The topological polar surface area (TPSA) is 44.1 Å².